The van der Waals surface area contributed by atoms with Gasteiger partial charge in [0.25, 0.3) is 0 Å². The molecule has 7 nitrogen and oxygen atoms in total. The molecular weight excluding hydrogens is 599 g/mol. The first kappa shape index (κ1) is 29.7. The minimum atomic E-state index is -4.57. The zero-order valence-corrected chi connectivity index (χ0v) is 24.8. The third-order valence-electron chi connectivity index (χ3n) is 7.00. The summed E-state index contributed by atoms with van der Waals surface area (Å²) in [7, 11) is -3.39. The standard InChI is InChI=1S/C28H28Cl2F3N4O3P/c1-3-35(4-2)21-9-11-26-25(18-21)40-27(38)37(22-8-10-23(29)24(30)17-22)41(26,36-12-14-39-15-13-36)34-20-7-5-6-19(16-20)28(31,32)33/h5-11,16-18H,3-4,12-15H2,1-2H3/t41-/m1/s1. The lowest BCUT2D eigenvalue weighted by atomic mass is 10.2. The first-order valence-electron chi connectivity index (χ1n) is 13.1. The molecule has 1 fully saturated rings. The molecule has 2 aliphatic rings. The Bertz CT molecular complexity index is 1510. The van der Waals surface area contributed by atoms with Gasteiger partial charge in [0.15, 0.2) is 7.36 Å². The number of hydrogen-bond acceptors (Lipinski definition) is 5. The van der Waals surface area contributed by atoms with Crippen LogP contribution in [0.15, 0.2) is 65.4 Å². The van der Waals surface area contributed by atoms with Crippen molar-refractivity contribution in [2.75, 3.05) is 49.0 Å². The van der Waals surface area contributed by atoms with E-state index < -0.39 is 25.2 Å². The summed E-state index contributed by atoms with van der Waals surface area (Å²) in [6, 6.07) is 15.1. The van der Waals surface area contributed by atoms with Crippen LogP contribution in [0.5, 0.6) is 5.75 Å². The van der Waals surface area contributed by atoms with E-state index in [1.807, 2.05) is 30.7 Å². The summed E-state index contributed by atoms with van der Waals surface area (Å²) in [5, 5.41) is 1.09. The normalized spacial score (nSPS) is 19.5. The Morgan fingerprint density at radius 1 is 0.976 bits per heavy atom. The summed E-state index contributed by atoms with van der Waals surface area (Å²) in [6.45, 7) is 7.00. The monoisotopic (exact) mass is 626 g/mol. The lowest BCUT2D eigenvalue weighted by Gasteiger charge is -2.47. The van der Waals surface area contributed by atoms with E-state index in [-0.39, 0.29) is 15.7 Å². The molecule has 0 unspecified atom stereocenters. The number of carbonyl (C=O) groups excluding carboxylic acids is 1. The molecule has 2 heterocycles. The van der Waals surface area contributed by atoms with E-state index in [1.54, 1.807) is 18.2 Å². The van der Waals surface area contributed by atoms with Crippen molar-refractivity contribution in [1.82, 2.24) is 4.67 Å². The Morgan fingerprint density at radius 3 is 2.37 bits per heavy atom. The predicted molar refractivity (Wildman–Crippen MR) is 157 cm³/mol. The number of hydrogen-bond donors (Lipinski definition) is 0. The maximum Gasteiger partial charge on any atom is 0.425 e. The molecule has 41 heavy (non-hydrogen) atoms. The third kappa shape index (κ3) is 5.68. The van der Waals surface area contributed by atoms with Crippen molar-refractivity contribution < 1.29 is 27.4 Å². The predicted octanol–water partition coefficient (Wildman–Crippen LogP) is 8.20. The molecule has 1 atom stereocenters. The van der Waals surface area contributed by atoms with Crippen LogP contribution in [0.25, 0.3) is 0 Å². The van der Waals surface area contributed by atoms with Gasteiger partial charge in [0.2, 0.25) is 0 Å². The van der Waals surface area contributed by atoms with E-state index in [2.05, 4.69) is 4.90 Å². The number of amides is 1. The second-order valence-corrected chi connectivity index (χ2v) is 13.0. The summed E-state index contributed by atoms with van der Waals surface area (Å²) in [4.78, 5) is 16.1. The van der Waals surface area contributed by atoms with Gasteiger partial charge in [-0.3, -0.25) is 0 Å². The number of carbonyl (C=O) groups is 1. The maximum atomic E-state index is 14.0. The fourth-order valence-electron chi connectivity index (χ4n) is 5.04. The van der Waals surface area contributed by atoms with Gasteiger partial charge in [-0.15, -0.1) is 0 Å². The van der Waals surface area contributed by atoms with E-state index in [1.165, 1.54) is 22.9 Å². The first-order chi connectivity index (χ1) is 19.6. The highest BCUT2D eigenvalue weighted by atomic mass is 35.5. The van der Waals surface area contributed by atoms with Gasteiger partial charge >= 0.3 is 12.3 Å². The molecule has 13 heteroatoms. The summed E-state index contributed by atoms with van der Waals surface area (Å²) < 4.78 is 61.3. The van der Waals surface area contributed by atoms with E-state index in [4.69, 9.17) is 37.4 Å². The van der Waals surface area contributed by atoms with Crippen molar-refractivity contribution in [3.05, 3.63) is 76.3 Å². The molecule has 0 spiro atoms. The zero-order chi connectivity index (χ0) is 29.4. The van der Waals surface area contributed by atoms with Crippen molar-refractivity contribution in [2.24, 2.45) is 4.74 Å². The fourth-order valence-corrected chi connectivity index (χ4v) is 8.99. The highest BCUT2D eigenvalue weighted by Gasteiger charge is 2.48. The lowest BCUT2D eigenvalue weighted by molar-refractivity contribution is -0.137. The van der Waals surface area contributed by atoms with Crippen LogP contribution >= 0.6 is 30.6 Å². The first-order valence-corrected chi connectivity index (χ1v) is 15.5. The molecule has 0 bridgehead atoms. The van der Waals surface area contributed by atoms with E-state index in [9.17, 15) is 18.0 Å². The second kappa shape index (κ2) is 11.9. The van der Waals surface area contributed by atoms with Crippen LogP contribution in [0.1, 0.15) is 19.4 Å². The smallest absolute Gasteiger partial charge is 0.409 e. The average molecular weight is 627 g/mol. The molecule has 0 aromatic heterocycles. The highest BCUT2D eigenvalue weighted by Crippen LogP contribution is 2.63. The number of rotatable bonds is 6. The Morgan fingerprint density at radius 2 is 1.71 bits per heavy atom. The number of ether oxygens (including phenoxy) is 2. The van der Waals surface area contributed by atoms with Crippen molar-refractivity contribution in [3.8, 4) is 5.75 Å². The summed E-state index contributed by atoms with van der Waals surface area (Å²) >= 11 is 12.6. The van der Waals surface area contributed by atoms with E-state index in [0.29, 0.717) is 43.0 Å². The topological polar surface area (TPSA) is 57.6 Å². The van der Waals surface area contributed by atoms with Crippen molar-refractivity contribution in [3.63, 3.8) is 0 Å². The van der Waals surface area contributed by atoms with E-state index >= 15 is 0 Å². The molecule has 2 aliphatic heterocycles. The summed E-state index contributed by atoms with van der Waals surface area (Å²) in [5.41, 5.74) is 0.455. The van der Waals surface area contributed by atoms with E-state index in [0.717, 1.165) is 30.9 Å². The molecule has 218 valence electrons. The van der Waals surface area contributed by atoms with Gasteiger partial charge in [-0.1, -0.05) is 29.3 Å². The Kier molecular flexibility index (Phi) is 8.60. The minimum absolute atomic E-state index is 0.0816. The summed E-state index contributed by atoms with van der Waals surface area (Å²) in [6.07, 6.45) is -5.29. The van der Waals surface area contributed by atoms with Gasteiger partial charge in [-0.25, -0.2) is 18.9 Å². The van der Waals surface area contributed by atoms with Crippen LogP contribution in [-0.4, -0.2) is 50.2 Å². The molecule has 0 radical (unpaired) electrons. The van der Waals surface area contributed by atoms with Crippen LogP contribution in [0, 0.1) is 0 Å². The van der Waals surface area contributed by atoms with Crippen LogP contribution in [-0.2, 0) is 10.9 Å². The van der Waals surface area contributed by atoms with Crippen LogP contribution in [0.2, 0.25) is 10.0 Å². The van der Waals surface area contributed by atoms with Gasteiger partial charge in [0.05, 0.1) is 45.5 Å². The Hall–Kier alpha value is -2.75. The van der Waals surface area contributed by atoms with Crippen molar-refractivity contribution in [2.45, 2.75) is 20.0 Å². The molecular formula is C28H28Cl2F3N4O3P. The van der Waals surface area contributed by atoms with Gasteiger partial charge in [-0.2, -0.15) is 13.2 Å². The molecule has 3 aromatic rings. The van der Waals surface area contributed by atoms with Gasteiger partial charge < -0.3 is 14.4 Å². The van der Waals surface area contributed by atoms with Crippen molar-refractivity contribution >= 4 is 59.0 Å². The molecule has 5 rings (SSSR count). The molecule has 1 saturated heterocycles. The molecule has 3 aromatic carbocycles. The molecule has 1 amide bonds. The maximum absolute atomic E-state index is 14.0. The molecule has 0 saturated carbocycles. The largest absolute Gasteiger partial charge is 0.425 e. The van der Waals surface area contributed by atoms with Crippen LogP contribution in [0.3, 0.4) is 0 Å². The highest BCUT2D eigenvalue weighted by molar-refractivity contribution is 7.74. The number of nitrogens with zero attached hydrogens (tertiary/aromatic N) is 4. The number of anilines is 2. The Labute approximate surface area is 246 Å². The minimum Gasteiger partial charge on any atom is -0.409 e. The van der Waals surface area contributed by atoms with Crippen LogP contribution in [0.4, 0.5) is 35.0 Å². The van der Waals surface area contributed by atoms with Gasteiger partial charge in [-0.05, 0) is 62.4 Å². The fraction of sp³-hybridized carbons (Fsp3) is 0.321. The number of halogens is 5. The van der Waals surface area contributed by atoms with Gasteiger partial charge in [0, 0.05) is 37.9 Å². The number of benzene rings is 3. The third-order valence-corrected chi connectivity index (χ3v) is 11.4. The van der Waals surface area contributed by atoms with Crippen LogP contribution < -0.4 is 19.6 Å². The molecule has 0 N–H and O–H groups in total. The lowest BCUT2D eigenvalue weighted by Crippen LogP contribution is -2.49. The number of morpholine rings is 1. The Balaban J connectivity index is 1.86. The zero-order valence-electron chi connectivity index (χ0n) is 22.4. The second-order valence-electron chi connectivity index (χ2n) is 9.38. The number of fused-ring (bicyclic) bond motifs is 1. The quantitative estimate of drug-likeness (QED) is 0.258. The van der Waals surface area contributed by atoms with Gasteiger partial charge in [0.1, 0.15) is 5.75 Å². The summed E-state index contributed by atoms with van der Waals surface area (Å²) in [5.74, 6) is 0.311. The molecule has 0 aliphatic carbocycles. The SMILES string of the molecule is CCN(CC)c1ccc2c(c1)OC(=O)N(c1ccc(Cl)c(Cl)c1)[P@]2(=Nc1cccc(C(F)(F)F)c1)N1CCOCC1. The van der Waals surface area contributed by atoms with Crippen molar-refractivity contribution in [1.29, 1.82) is 0 Å². The average Bonchev–Trinajstić information content (AvgIpc) is 2.95. The number of alkyl halides is 3.